The molecule has 0 spiro atoms. The number of carbonyl (C=O) groups is 2. The fraction of sp³-hybridized carbons (Fsp3) is 0.500. The number of rotatable bonds is 5. The largest absolute Gasteiger partial charge is 0.444 e. The summed E-state index contributed by atoms with van der Waals surface area (Å²) in [6.45, 7) is 1.60. The van der Waals surface area contributed by atoms with Gasteiger partial charge in [0.25, 0.3) is 5.91 Å². The van der Waals surface area contributed by atoms with Crippen molar-refractivity contribution in [3.05, 3.63) is 34.5 Å². The molecule has 3 rings (SSSR count). The Morgan fingerprint density at radius 2 is 1.92 bits per heavy atom. The second-order valence-corrected chi connectivity index (χ2v) is 11.1. The van der Waals surface area contributed by atoms with E-state index >= 15 is 0 Å². The predicted molar refractivity (Wildman–Crippen MR) is 125 cm³/mol. The van der Waals surface area contributed by atoms with Crippen molar-refractivity contribution in [2.75, 3.05) is 24.6 Å². The van der Waals surface area contributed by atoms with E-state index in [0.29, 0.717) is 6.07 Å². The highest BCUT2D eigenvalue weighted by atomic mass is 35.5. The highest BCUT2D eigenvalue weighted by Crippen LogP contribution is 2.39. The first-order valence-electron chi connectivity index (χ1n) is 10.8. The number of benzene rings is 1. The molecule has 0 radical (unpaired) electrons. The van der Waals surface area contributed by atoms with Crippen LogP contribution < -0.4 is 10.1 Å². The third kappa shape index (κ3) is 7.40. The van der Waals surface area contributed by atoms with Gasteiger partial charge in [-0.1, -0.05) is 11.6 Å². The van der Waals surface area contributed by atoms with Gasteiger partial charge in [0.05, 0.1) is 22.1 Å². The number of fused-ring (bicyclic) bond motifs is 1. The van der Waals surface area contributed by atoms with E-state index in [9.17, 15) is 35.8 Å². The molecule has 1 N–H and O–H groups in total. The SMILES string of the molecule is CC(C)(C)OC(=O)N1CCS(=O)CC1CNC(=O)c1cc(Cl)c2cc(OC(F)F)cc(C(F)(F)F)c2n1. The second kappa shape index (κ2) is 10.9. The lowest BCUT2D eigenvalue weighted by Gasteiger charge is -2.36. The molecule has 2 aromatic rings. The average molecular weight is 572 g/mol. The first-order chi connectivity index (χ1) is 17.0. The molecular weight excluding hydrogens is 549 g/mol. The van der Waals surface area contributed by atoms with Gasteiger partial charge in [0, 0.05) is 40.8 Å². The quantitative estimate of drug-likeness (QED) is 0.527. The van der Waals surface area contributed by atoms with Gasteiger partial charge in [-0.2, -0.15) is 22.0 Å². The van der Waals surface area contributed by atoms with Crippen molar-refractivity contribution in [3.8, 4) is 5.75 Å². The summed E-state index contributed by atoms with van der Waals surface area (Å²) in [5.74, 6) is -1.41. The van der Waals surface area contributed by atoms with Crippen LogP contribution >= 0.6 is 11.6 Å². The first-order valence-corrected chi connectivity index (χ1v) is 12.7. The van der Waals surface area contributed by atoms with E-state index < -0.39 is 69.8 Å². The lowest BCUT2D eigenvalue weighted by molar-refractivity contribution is -0.136. The monoisotopic (exact) mass is 571 g/mol. The van der Waals surface area contributed by atoms with E-state index in [4.69, 9.17) is 16.3 Å². The molecule has 0 aliphatic carbocycles. The van der Waals surface area contributed by atoms with Gasteiger partial charge in [0.2, 0.25) is 0 Å². The summed E-state index contributed by atoms with van der Waals surface area (Å²) in [6.07, 6.45) is -5.68. The molecule has 1 aromatic heterocycles. The van der Waals surface area contributed by atoms with Gasteiger partial charge in [-0.3, -0.25) is 9.00 Å². The maximum Gasteiger partial charge on any atom is 0.418 e. The number of amides is 2. The molecule has 1 fully saturated rings. The summed E-state index contributed by atoms with van der Waals surface area (Å²) < 4.78 is 87.7. The fourth-order valence-corrected chi connectivity index (χ4v) is 5.11. The standard InChI is InChI=1S/C22H23ClF5N3O5S/c1-21(2,3)36-20(33)31-4-5-37(34)10-11(31)9-29-18(32)16-8-15(23)13-6-12(35-19(24)25)7-14(17(13)30-16)22(26,27)28/h6-8,11,19H,4-5,9-10H2,1-3H3,(H,29,32). The third-order valence-corrected chi connectivity index (χ3v) is 6.81. The van der Waals surface area contributed by atoms with Crippen LogP contribution in [0, 0.1) is 0 Å². The Hall–Kier alpha value is -2.74. The van der Waals surface area contributed by atoms with E-state index in [2.05, 4.69) is 15.0 Å². The number of pyridine rings is 1. The number of nitrogens with one attached hydrogen (secondary N) is 1. The number of halogens is 6. The topological polar surface area (TPSA) is 97.8 Å². The van der Waals surface area contributed by atoms with Gasteiger partial charge < -0.3 is 19.7 Å². The van der Waals surface area contributed by atoms with Crippen molar-refractivity contribution in [3.63, 3.8) is 0 Å². The Labute approximate surface area is 215 Å². The number of hydrogen-bond acceptors (Lipinski definition) is 6. The maximum absolute atomic E-state index is 13.7. The predicted octanol–water partition coefficient (Wildman–Crippen LogP) is 4.61. The molecule has 0 bridgehead atoms. The second-order valence-electron chi connectivity index (χ2n) is 9.08. The van der Waals surface area contributed by atoms with E-state index in [-0.39, 0.29) is 35.0 Å². The Morgan fingerprint density at radius 3 is 2.51 bits per heavy atom. The molecule has 1 aromatic carbocycles. The number of aromatic nitrogens is 1. The van der Waals surface area contributed by atoms with Crippen LogP contribution in [0.5, 0.6) is 5.75 Å². The van der Waals surface area contributed by atoms with Crippen LogP contribution in [0.3, 0.4) is 0 Å². The zero-order chi connectivity index (χ0) is 27.7. The molecule has 0 saturated carbocycles. The smallest absolute Gasteiger partial charge is 0.418 e. The van der Waals surface area contributed by atoms with Crippen LogP contribution in [-0.4, -0.2) is 68.9 Å². The van der Waals surface area contributed by atoms with Crippen molar-refractivity contribution < 1.29 is 45.2 Å². The third-order valence-electron chi connectivity index (χ3n) is 5.10. The molecule has 1 aliphatic heterocycles. The highest BCUT2D eigenvalue weighted by molar-refractivity contribution is 7.85. The van der Waals surface area contributed by atoms with Crippen molar-refractivity contribution in [1.82, 2.24) is 15.2 Å². The minimum atomic E-state index is -5.02. The summed E-state index contributed by atoms with van der Waals surface area (Å²) in [6, 6.07) is 1.49. The maximum atomic E-state index is 13.7. The van der Waals surface area contributed by atoms with Crippen molar-refractivity contribution in [2.24, 2.45) is 0 Å². The van der Waals surface area contributed by atoms with E-state index in [0.717, 1.165) is 12.1 Å². The molecule has 8 nitrogen and oxygen atoms in total. The Morgan fingerprint density at radius 1 is 1.24 bits per heavy atom. The van der Waals surface area contributed by atoms with Gasteiger partial charge in [-0.15, -0.1) is 0 Å². The fourth-order valence-electron chi connectivity index (χ4n) is 3.57. The summed E-state index contributed by atoms with van der Waals surface area (Å²) in [5.41, 5.74) is -3.42. The molecule has 204 valence electrons. The van der Waals surface area contributed by atoms with E-state index in [1.165, 1.54) is 4.90 Å². The van der Waals surface area contributed by atoms with Gasteiger partial charge in [0.1, 0.15) is 17.0 Å². The van der Waals surface area contributed by atoms with Crippen molar-refractivity contribution >= 4 is 45.3 Å². The molecule has 2 amide bonds. The van der Waals surface area contributed by atoms with Crippen LogP contribution in [0.1, 0.15) is 36.8 Å². The summed E-state index contributed by atoms with van der Waals surface area (Å²) in [4.78, 5) is 30.5. The molecule has 1 saturated heterocycles. The zero-order valence-corrected chi connectivity index (χ0v) is 21.4. The number of hydrogen-bond donors (Lipinski definition) is 1. The number of alkyl halides is 5. The summed E-state index contributed by atoms with van der Waals surface area (Å²) >= 11 is 6.09. The average Bonchev–Trinajstić information content (AvgIpc) is 2.75. The molecule has 2 unspecified atom stereocenters. The number of nitrogens with zero attached hydrogens (tertiary/aromatic N) is 2. The normalized spacial score (nSPS) is 18.7. The lowest BCUT2D eigenvalue weighted by Crippen LogP contribution is -2.55. The molecule has 2 heterocycles. The zero-order valence-electron chi connectivity index (χ0n) is 19.8. The first kappa shape index (κ1) is 28.8. The number of carbonyl (C=O) groups excluding carboxylic acids is 2. The molecular formula is C22H23ClF5N3O5S. The van der Waals surface area contributed by atoms with Gasteiger partial charge in [0.15, 0.2) is 0 Å². The van der Waals surface area contributed by atoms with Gasteiger partial charge in [-0.25, -0.2) is 9.78 Å². The molecule has 15 heteroatoms. The van der Waals surface area contributed by atoms with Gasteiger partial charge in [-0.05, 0) is 39.0 Å². The summed E-state index contributed by atoms with van der Waals surface area (Å²) in [5, 5.41) is 1.78. The van der Waals surface area contributed by atoms with Crippen LogP contribution in [-0.2, 0) is 21.7 Å². The Kier molecular flexibility index (Phi) is 8.52. The van der Waals surface area contributed by atoms with Crippen LogP contribution in [0.15, 0.2) is 18.2 Å². The van der Waals surface area contributed by atoms with Crippen LogP contribution in [0.25, 0.3) is 10.9 Å². The van der Waals surface area contributed by atoms with Crippen LogP contribution in [0.2, 0.25) is 5.02 Å². The van der Waals surface area contributed by atoms with Crippen LogP contribution in [0.4, 0.5) is 26.7 Å². The minimum absolute atomic E-state index is 0.0521. The Balaban J connectivity index is 1.88. The number of ether oxygens (including phenoxy) is 2. The Bertz CT molecular complexity index is 1220. The van der Waals surface area contributed by atoms with E-state index in [1.807, 2.05) is 0 Å². The molecule has 37 heavy (non-hydrogen) atoms. The lowest BCUT2D eigenvalue weighted by atomic mass is 10.1. The van der Waals surface area contributed by atoms with Crippen molar-refractivity contribution in [2.45, 2.75) is 45.2 Å². The van der Waals surface area contributed by atoms with E-state index in [1.54, 1.807) is 20.8 Å². The minimum Gasteiger partial charge on any atom is -0.444 e. The summed E-state index contributed by atoms with van der Waals surface area (Å²) in [7, 11) is -1.26. The molecule has 2 atom stereocenters. The van der Waals surface area contributed by atoms with Crippen molar-refractivity contribution in [1.29, 1.82) is 0 Å². The highest BCUT2D eigenvalue weighted by Gasteiger charge is 2.36. The van der Waals surface area contributed by atoms with Gasteiger partial charge >= 0.3 is 18.9 Å². The molecule has 1 aliphatic rings.